The van der Waals surface area contributed by atoms with Gasteiger partial charge in [0.25, 0.3) is 0 Å². The van der Waals surface area contributed by atoms with Gasteiger partial charge in [-0.2, -0.15) is 0 Å². The second-order valence-corrected chi connectivity index (χ2v) is 7.62. The number of ether oxygens (including phenoxy) is 1. The summed E-state index contributed by atoms with van der Waals surface area (Å²) < 4.78 is 12.5. The van der Waals surface area contributed by atoms with E-state index in [1.807, 2.05) is 35.0 Å². The van der Waals surface area contributed by atoms with Crippen LogP contribution in [0.15, 0.2) is 59.5 Å². The van der Waals surface area contributed by atoms with Gasteiger partial charge in [0.15, 0.2) is 0 Å². The quantitative estimate of drug-likeness (QED) is 0.506. The van der Waals surface area contributed by atoms with Gasteiger partial charge in [-0.25, -0.2) is 9.50 Å². The van der Waals surface area contributed by atoms with E-state index in [2.05, 4.69) is 44.3 Å². The standard InChI is InChI=1S/C22H24N6O2/c1-26-9-10-27(14-18-4-3-11-30-18)15-20(26)22-19-7-5-17(13-28(19)25-24-22)16-6-8-21(29-2)23-12-16/h3-8,11-13,20H,9-10,14-15H2,1-2H3. The molecular weight excluding hydrogens is 380 g/mol. The van der Waals surface area contributed by atoms with Crippen LogP contribution in [0.25, 0.3) is 16.6 Å². The average molecular weight is 404 g/mol. The molecule has 1 aliphatic heterocycles. The summed E-state index contributed by atoms with van der Waals surface area (Å²) in [4.78, 5) is 9.05. The zero-order valence-electron chi connectivity index (χ0n) is 17.1. The molecule has 0 bridgehead atoms. The van der Waals surface area contributed by atoms with E-state index in [1.165, 1.54) is 0 Å². The number of likely N-dealkylation sites (N-methyl/N-ethyl adjacent to an activating group) is 1. The number of hydrogen-bond acceptors (Lipinski definition) is 7. The Hall–Kier alpha value is -3.23. The molecule has 5 heterocycles. The van der Waals surface area contributed by atoms with Crippen molar-refractivity contribution >= 4 is 5.52 Å². The number of piperazine rings is 1. The number of hydrogen-bond donors (Lipinski definition) is 0. The van der Waals surface area contributed by atoms with Crippen LogP contribution >= 0.6 is 0 Å². The smallest absolute Gasteiger partial charge is 0.212 e. The molecule has 30 heavy (non-hydrogen) atoms. The average Bonchev–Trinajstić information content (AvgIpc) is 3.44. The van der Waals surface area contributed by atoms with E-state index in [9.17, 15) is 0 Å². The lowest BCUT2D eigenvalue weighted by Gasteiger charge is -2.38. The summed E-state index contributed by atoms with van der Waals surface area (Å²) in [6.07, 6.45) is 5.53. The zero-order chi connectivity index (χ0) is 20.5. The van der Waals surface area contributed by atoms with Gasteiger partial charge in [-0.15, -0.1) is 5.10 Å². The molecule has 0 radical (unpaired) electrons. The predicted octanol–water partition coefficient (Wildman–Crippen LogP) is 2.88. The summed E-state index contributed by atoms with van der Waals surface area (Å²) >= 11 is 0. The fourth-order valence-corrected chi connectivity index (χ4v) is 3.99. The molecule has 4 aromatic rings. The van der Waals surface area contributed by atoms with Crippen LogP contribution in [0.5, 0.6) is 5.88 Å². The van der Waals surface area contributed by atoms with Gasteiger partial charge in [-0.3, -0.25) is 9.80 Å². The fraction of sp³-hybridized carbons (Fsp3) is 0.318. The molecule has 1 saturated heterocycles. The van der Waals surface area contributed by atoms with Gasteiger partial charge < -0.3 is 9.15 Å². The second-order valence-electron chi connectivity index (χ2n) is 7.62. The third kappa shape index (κ3) is 3.55. The number of aromatic nitrogens is 4. The molecule has 8 heteroatoms. The van der Waals surface area contributed by atoms with Gasteiger partial charge in [0.1, 0.15) is 11.5 Å². The first-order valence-corrected chi connectivity index (χ1v) is 10.0. The van der Waals surface area contributed by atoms with Gasteiger partial charge in [-0.05, 0) is 31.3 Å². The Morgan fingerprint density at radius 1 is 1.13 bits per heavy atom. The van der Waals surface area contributed by atoms with Gasteiger partial charge in [0, 0.05) is 49.2 Å². The highest BCUT2D eigenvalue weighted by Crippen LogP contribution is 2.28. The Bertz CT molecular complexity index is 1120. The molecule has 1 aliphatic rings. The van der Waals surface area contributed by atoms with E-state index in [1.54, 1.807) is 19.6 Å². The van der Waals surface area contributed by atoms with E-state index < -0.39 is 0 Å². The molecular formula is C22H24N6O2. The Morgan fingerprint density at radius 3 is 2.80 bits per heavy atom. The molecule has 154 valence electrons. The van der Waals surface area contributed by atoms with Crippen LogP contribution in [0, 0.1) is 0 Å². The lowest BCUT2D eigenvalue weighted by atomic mass is 10.1. The van der Waals surface area contributed by atoms with Crippen molar-refractivity contribution < 1.29 is 9.15 Å². The maximum absolute atomic E-state index is 5.53. The topological polar surface area (TPSA) is 71.9 Å². The van der Waals surface area contributed by atoms with E-state index in [4.69, 9.17) is 9.15 Å². The van der Waals surface area contributed by atoms with Crippen molar-refractivity contribution in [2.45, 2.75) is 12.6 Å². The first-order chi connectivity index (χ1) is 14.7. The highest BCUT2D eigenvalue weighted by Gasteiger charge is 2.29. The van der Waals surface area contributed by atoms with Gasteiger partial charge in [0.05, 0.1) is 31.5 Å². The number of methoxy groups -OCH3 is 1. The van der Waals surface area contributed by atoms with Crippen LogP contribution in [0.2, 0.25) is 0 Å². The van der Waals surface area contributed by atoms with Crippen LogP contribution in [0.4, 0.5) is 0 Å². The number of furan rings is 1. The molecule has 0 aliphatic carbocycles. The highest BCUT2D eigenvalue weighted by atomic mass is 16.5. The number of pyridine rings is 2. The highest BCUT2D eigenvalue weighted by molar-refractivity contribution is 5.66. The van der Waals surface area contributed by atoms with E-state index in [0.29, 0.717) is 5.88 Å². The summed E-state index contributed by atoms with van der Waals surface area (Å²) in [5.74, 6) is 1.59. The number of nitrogens with zero attached hydrogens (tertiary/aromatic N) is 6. The predicted molar refractivity (Wildman–Crippen MR) is 112 cm³/mol. The normalized spacial score (nSPS) is 18.1. The summed E-state index contributed by atoms with van der Waals surface area (Å²) in [5, 5.41) is 8.96. The molecule has 1 fully saturated rings. The van der Waals surface area contributed by atoms with E-state index in [-0.39, 0.29) is 6.04 Å². The van der Waals surface area contributed by atoms with Gasteiger partial charge >= 0.3 is 0 Å². The first-order valence-electron chi connectivity index (χ1n) is 10.0. The zero-order valence-corrected chi connectivity index (χ0v) is 17.1. The van der Waals surface area contributed by atoms with E-state index in [0.717, 1.165) is 54.3 Å². The van der Waals surface area contributed by atoms with Crippen molar-refractivity contribution in [1.82, 2.24) is 29.6 Å². The summed E-state index contributed by atoms with van der Waals surface area (Å²) in [5.41, 5.74) is 4.07. The van der Waals surface area contributed by atoms with Crippen LogP contribution in [-0.4, -0.2) is 63.4 Å². The van der Waals surface area contributed by atoms with Crippen LogP contribution in [0.1, 0.15) is 17.5 Å². The van der Waals surface area contributed by atoms with Crippen molar-refractivity contribution in [1.29, 1.82) is 0 Å². The number of fused-ring (bicyclic) bond motifs is 1. The summed E-state index contributed by atoms with van der Waals surface area (Å²) in [7, 11) is 3.76. The molecule has 0 N–H and O–H groups in total. The Balaban J connectivity index is 1.40. The minimum absolute atomic E-state index is 0.180. The maximum atomic E-state index is 5.53. The second kappa shape index (κ2) is 7.89. The third-order valence-electron chi connectivity index (χ3n) is 5.73. The van der Waals surface area contributed by atoms with Crippen LogP contribution in [-0.2, 0) is 6.54 Å². The molecule has 1 atom stereocenters. The van der Waals surface area contributed by atoms with Crippen molar-refractivity contribution in [2.75, 3.05) is 33.8 Å². The lowest BCUT2D eigenvalue weighted by molar-refractivity contribution is 0.0840. The minimum atomic E-state index is 0.180. The third-order valence-corrected chi connectivity index (χ3v) is 5.73. The van der Waals surface area contributed by atoms with Crippen molar-refractivity contribution in [3.63, 3.8) is 0 Å². The molecule has 8 nitrogen and oxygen atoms in total. The van der Waals surface area contributed by atoms with Gasteiger partial charge in [-0.1, -0.05) is 11.3 Å². The first kappa shape index (κ1) is 18.8. The number of rotatable bonds is 5. The fourth-order valence-electron chi connectivity index (χ4n) is 3.99. The molecule has 0 amide bonds. The molecule has 0 saturated carbocycles. The SMILES string of the molecule is COc1ccc(-c2ccc3c(C4CN(Cc5ccco5)CCN4C)nnn3c2)cn1. The molecule has 5 rings (SSSR count). The Labute approximate surface area is 174 Å². The Morgan fingerprint density at radius 2 is 2.03 bits per heavy atom. The largest absolute Gasteiger partial charge is 0.481 e. The molecule has 0 spiro atoms. The summed E-state index contributed by atoms with van der Waals surface area (Å²) in [6, 6.07) is 12.2. The Kier molecular flexibility index (Phi) is 4.94. The maximum Gasteiger partial charge on any atom is 0.212 e. The van der Waals surface area contributed by atoms with Crippen LogP contribution < -0.4 is 4.74 Å². The van der Waals surface area contributed by atoms with Crippen molar-refractivity contribution in [2.24, 2.45) is 0 Å². The van der Waals surface area contributed by atoms with Gasteiger partial charge in [0.2, 0.25) is 5.88 Å². The molecule has 0 aromatic carbocycles. The van der Waals surface area contributed by atoms with E-state index >= 15 is 0 Å². The monoisotopic (exact) mass is 404 g/mol. The minimum Gasteiger partial charge on any atom is -0.481 e. The van der Waals surface area contributed by atoms with Crippen molar-refractivity contribution in [3.8, 4) is 17.0 Å². The summed E-state index contributed by atoms with van der Waals surface area (Å²) in [6.45, 7) is 3.67. The van der Waals surface area contributed by atoms with Crippen LogP contribution in [0.3, 0.4) is 0 Å². The van der Waals surface area contributed by atoms with Crippen molar-refractivity contribution in [3.05, 3.63) is 66.5 Å². The molecule has 1 unspecified atom stereocenters. The molecule has 4 aromatic heterocycles. The lowest BCUT2D eigenvalue weighted by Crippen LogP contribution is -2.46.